The maximum Gasteiger partial charge on any atom is 0.219 e. The van der Waals surface area contributed by atoms with Crippen LogP contribution in [-0.4, -0.2) is 24.5 Å². The fourth-order valence-electron chi connectivity index (χ4n) is 3.10. The van der Waals surface area contributed by atoms with Gasteiger partial charge in [0.25, 0.3) is 0 Å². The van der Waals surface area contributed by atoms with Crippen LogP contribution in [0.2, 0.25) is 0 Å². The Bertz CT molecular complexity index is 617. The third-order valence-corrected chi connectivity index (χ3v) is 4.14. The van der Waals surface area contributed by atoms with E-state index in [4.69, 9.17) is 0 Å². The van der Waals surface area contributed by atoms with Crippen molar-refractivity contribution in [1.29, 1.82) is 0 Å². The first-order valence-corrected chi connectivity index (χ1v) is 7.33. The SMILES string of the molecule is CNC(=O)CCCC1NCCc2c1[nH]c1ccccc21. The molecule has 0 radical (unpaired) electrons. The Hall–Kier alpha value is -1.81. The van der Waals surface area contributed by atoms with E-state index in [1.807, 2.05) is 0 Å². The van der Waals surface area contributed by atoms with Crippen LogP contribution in [-0.2, 0) is 11.2 Å². The molecule has 2 heterocycles. The Kier molecular flexibility index (Phi) is 3.74. The van der Waals surface area contributed by atoms with Gasteiger partial charge in [-0.25, -0.2) is 0 Å². The molecule has 4 heteroatoms. The van der Waals surface area contributed by atoms with Crippen LogP contribution in [0.3, 0.4) is 0 Å². The Balaban J connectivity index is 1.78. The van der Waals surface area contributed by atoms with E-state index in [1.165, 1.54) is 22.2 Å². The number of aromatic nitrogens is 1. The van der Waals surface area contributed by atoms with Gasteiger partial charge in [0.05, 0.1) is 0 Å². The van der Waals surface area contributed by atoms with Crippen LogP contribution in [0.15, 0.2) is 24.3 Å². The first kappa shape index (κ1) is 13.2. The second kappa shape index (κ2) is 5.67. The van der Waals surface area contributed by atoms with Gasteiger partial charge >= 0.3 is 0 Å². The molecule has 1 aliphatic heterocycles. The number of H-pyrrole nitrogens is 1. The molecule has 3 rings (SSSR count). The number of nitrogens with one attached hydrogen (secondary N) is 3. The van der Waals surface area contributed by atoms with Crippen LogP contribution in [0.1, 0.15) is 36.6 Å². The van der Waals surface area contributed by atoms with Crippen molar-refractivity contribution in [3.05, 3.63) is 35.5 Å². The average Bonchev–Trinajstić information content (AvgIpc) is 2.86. The zero-order valence-electron chi connectivity index (χ0n) is 11.8. The molecule has 1 amide bonds. The van der Waals surface area contributed by atoms with Gasteiger partial charge in [0.15, 0.2) is 0 Å². The van der Waals surface area contributed by atoms with Crippen LogP contribution in [0, 0.1) is 0 Å². The van der Waals surface area contributed by atoms with Crippen molar-refractivity contribution in [2.45, 2.75) is 31.7 Å². The highest BCUT2D eigenvalue weighted by Crippen LogP contribution is 2.32. The zero-order chi connectivity index (χ0) is 13.9. The normalized spacial score (nSPS) is 17.9. The number of carbonyl (C=O) groups excluding carboxylic acids is 1. The van der Waals surface area contributed by atoms with E-state index in [9.17, 15) is 4.79 Å². The molecule has 0 fully saturated rings. The second-order valence-corrected chi connectivity index (χ2v) is 5.38. The van der Waals surface area contributed by atoms with Crippen molar-refractivity contribution in [2.75, 3.05) is 13.6 Å². The van der Waals surface area contributed by atoms with Gasteiger partial charge in [-0.1, -0.05) is 18.2 Å². The Morgan fingerprint density at radius 1 is 1.40 bits per heavy atom. The van der Waals surface area contributed by atoms with Gasteiger partial charge < -0.3 is 15.6 Å². The third kappa shape index (κ3) is 2.43. The van der Waals surface area contributed by atoms with Gasteiger partial charge in [0.2, 0.25) is 5.91 Å². The standard InChI is InChI=1S/C16H21N3O/c1-17-15(20)8-4-7-14-16-12(9-10-18-14)11-5-2-3-6-13(11)19-16/h2-3,5-6,14,18-19H,4,7-10H2,1H3,(H,17,20). The summed E-state index contributed by atoms with van der Waals surface area (Å²) >= 11 is 0. The topological polar surface area (TPSA) is 56.9 Å². The van der Waals surface area contributed by atoms with Crippen LogP contribution in [0.5, 0.6) is 0 Å². The smallest absolute Gasteiger partial charge is 0.219 e. The van der Waals surface area contributed by atoms with Gasteiger partial charge in [-0.3, -0.25) is 4.79 Å². The quantitative estimate of drug-likeness (QED) is 0.799. The summed E-state index contributed by atoms with van der Waals surface area (Å²) in [6, 6.07) is 8.83. The van der Waals surface area contributed by atoms with Crippen LogP contribution in [0.4, 0.5) is 0 Å². The molecule has 1 unspecified atom stereocenters. The van der Waals surface area contributed by atoms with Gasteiger partial charge in [0, 0.05) is 36.1 Å². The maximum atomic E-state index is 11.3. The minimum Gasteiger partial charge on any atom is -0.359 e. The fourth-order valence-corrected chi connectivity index (χ4v) is 3.10. The van der Waals surface area contributed by atoms with Crippen molar-refractivity contribution in [3.8, 4) is 0 Å². The van der Waals surface area contributed by atoms with Gasteiger partial charge in [-0.05, 0) is 37.4 Å². The molecule has 0 saturated carbocycles. The highest BCUT2D eigenvalue weighted by molar-refractivity contribution is 5.85. The predicted molar refractivity (Wildman–Crippen MR) is 80.7 cm³/mol. The molecule has 20 heavy (non-hydrogen) atoms. The zero-order valence-corrected chi connectivity index (χ0v) is 11.8. The maximum absolute atomic E-state index is 11.3. The van der Waals surface area contributed by atoms with E-state index < -0.39 is 0 Å². The minimum absolute atomic E-state index is 0.123. The third-order valence-electron chi connectivity index (χ3n) is 4.14. The number of hydrogen-bond donors (Lipinski definition) is 3. The second-order valence-electron chi connectivity index (χ2n) is 5.38. The lowest BCUT2D eigenvalue weighted by molar-refractivity contribution is -0.120. The van der Waals surface area contributed by atoms with E-state index in [2.05, 4.69) is 39.9 Å². The summed E-state index contributed by atoms with van der Waals surface area (Å²) in [5, 5.41) is 7.59. The van der Waals surface area contributed by atoms with E-state index >= 15 is 0 Å². The van der Waals surface area contributed by atoms with Crippen molar-refractivity contribution in [3.63, 3.8) is 0 Å². The lowest BCUT2D eigenvalue weighted by Crippen LogP contribution is -2.30. The van der Waals surface area contributed by atoms with E-state index in [0.29, 0.717) is 12.5 Å². The number of rotatable bonds is 4. The number of hydrogen-bond acceptors (Lipinski definition) is 2. The van der Waals surface area contributed by atoms with Crippen molar-refractivity contribution < 1.29 is 4.79 Å². The molecule has 106 valence electrons. The summed E-state index contributed by atoms with van der Waals surface area (Å²) < 4.78 is 0. The first-order chi connectivity index (χ1) is 9.79. The minimum atomic E-state index is 0.123. The number of aromatic amines is 1. The van der Waals surface area contributed by atoms with Crippen molar-refractivity contribution in [1.82, 2.24) is 15.6 Å². The lowest BCUT2D eigenvalue weighted by atomic mass is 9.96. The first-order valence-electron chi connectivity index (χ1n) is 7.33. The van der Waals surface area contributed by atoms with Crippen molar-refractivity contribution in [2.24, 2.45) is 0 Å². The molecule has 2 aromatic rings. The van der Waals surface area contributed by atoms with Gasteiger partial charge in [-0.15, -0.1) is 0 Å². The number of benzene rings is 1. The Labute approximate surface area is 118 Å². The summed E-state index contributed by atoms with van der Waals surface area (Å²) in [6.45, 7) is 1.01. The predicted octanol–water partition coefficient (Wildman–Crippen LogP) is 2.27. The molecular weight excluding hydrogens is 250 g/mol. The summed E-state index contributed by atoms with van der Waals surface area (Å²) in [5.74, 6) is 0.123. The van der Waals surface area contributed by atoms with E-state index in [0.717, 1.165) is 25.8 Å². The van der Waals surface area contributed by atoms with Gasteiger partial charge in [0.1, 0.15) is 0 Å². The molecule has 1 aromatic heterocycles. The van der Waals surface area contributed by atoms with E-state index in [-0.39, 0.29) is 5.91 Å². The number of amides is 1. The van der Waals surface area contributed by atoms with Crippen LogP contribution in [0.25, 0.3) is 10.9 Å². The molecule has 0 spiro atoms. The molecule has 3 N–H and O–H groups in total. The molecule has 0 saturated heterocycles. The van der Waals surface area contributed by atoms with E-state index in [1.54, 1.807) is 7.05 Å². The monoisotopic (exact) mass is 271 g/mol. The molecule has 1 aliphatic rings. The molecule has 1 atom stereocenters. The average molecular weight is 271 g/mol. The number of para-hydroxylation sites is 1. The van der Waals surface area contributed by atoms with Crippen molar-refractivity contribution >= 4 is 16.8 Å². The van der Waals surface area contributed by atoms with Gasteiger partial charge in [-0.2, -0.15) is 0 Å². The fraction of sp³-hybridized carbons (Fsp3) is 0.438. The Morgan fingerprint density at radius 3 is 3.10 bits per heavy atom. The molecule has 0 aliphatic carbocycles. The number of fused-ring (bicyclic) bond motifs is 3. The largest absolute Gasteiger partial charge is 0.359 e. The summed E-state index contributed by atoms with van der Waals surface area (Å²) in [7, 11) is 1.69. The van der Waals surface area contributed by atoms with Crippen LogP contribution >= 0.6 is 0 Å². The highest BCUT2D eigenvalue weighted by Gasteiger charge is 2.23. The molecule has 4 nitrogen and oxygen atoms in total. The molecular formula is C16H21N3O. The number of carbonyl (C=O) groups is 1. The molecule has 1 aromatic carbocycles. The molecule has 0 bridgehead atoms. The highest BCUT2D eigenvalue weighted by atomic mass is 16.1. The Morgan fingerprint density at radius 2 is 2.25 bits per heavy atom. The summed E-state index contributed by atoms with van der Waals surface area (Å²) in [4.78, 5) is 14.9. The van der Waals surface area contributed by atoms with Crippen LogP contribution < -0.4 is 10.6 Å². The lowest BCUT2D eigenvalue weighted by Gasteiger charge is -2.24. The summed E-state index contributed by atoms with van der Waals surface area (Å²) in [5.41, 5.74) is 3.98. The summed E-state index contributed by atoms with van der Waals surface area (Å²) in [6.07, 6.45) is 3.58.